The molecule has 0 aromatic heterocycles. The lowest BCUT2D eigenvalue weighted by Crippen LogP contribution is -2.33. The van der Waals surface area contributed by atoms with E-state index < -0.39 is 0 Å². The van der Waals surface area contributed by atoms with Crippen molar-refractivity contribution < 1.29 is 0 Å². The summed E-state index contributed by atoms with van der Waals surface area (Å²) in [6, 6.07) is 0. The molecule has 3 heteroatoms. The summed E-state index contributed by atoms with van der Waals surface area (Å²) in [4.78, 5) is 0. The van der Waals surface area contributed by atoms with Crippen molar-refractivity contribution in [2.24, 2.45) is 10.5 Å². The summed E-state index contributed by atoms with van der Waals surface area (Å²) in [5.41, 5.74) is 0.454. The predicted octanol–water partition coefficient (Wildman–Crippen LogP) is 1.42. The van der Waals surface area contributed by atoms with Crippen LogP contribution in [0.25, 0.3) is 0 Å². The molecule has 3 nitrogen and oxygen atoms in total. The first-order chi connectivity index (χ1) is 6.35. The third-order valence-electron chi connectivity index (χ3n) is 3.14. The largest absolute Gasteiger partial charge is 0.299 e. The van der Waals surface area contributed by atoms with E-state index in [0.717, 1.165) is 19.8 Å². The molecule has 0 saturated heterocycles. The highest BCUT2D eigenvalue weighted by molar-refractivity contribution is 5.68. The van der Waals surface area contributed by atoms with Crippen molar-refractivity contribution in [3.05, 3.63) is 0 Å². The molecule has 13 heavy (non-hydrogen) atoms. The third-order valence-corrected chi connectivity index (χ3v) is 3.14. The zero-order valence-corrected chi connectivity index (χ0v) is 8.42. The zero-order chi connectivity index (χ0) is 9.15. The first kappa shape index (κ1) is 9.00. The molecule has 2 rings (SSSR count). The molecule has 1 N–H and O–H groups in total. The summed E-state index contributed by atoms with van der Waals surface area (Å²) >= 11 is 0. The van der Waals surface area contributed by atoms with Crippen molar-refractivity contribution in [2.45, 2.75) is 32.6 Å². The summed E-state index contributed by atoms with van der Waals surface area (Å²) < 4.78 is 0. The van der Waals surface area contributed by atoms with Crippen molar-refractivity contribution >= 4 is 6.21 Å². The molecule has 0 radical (unpaired) electrons. The van der Waals surface area contributed by atoms with E-state index in [1.165, 1.54) is 25.7 Å². The van der Waals surface area contributed by atoms with Crippen molar-refractivity contribution in [1.82, 2.24) is 10.3 Å². The highest BCUT2D eigenvalue weighted by Gasteiger charge is 2.37. The Morgan fingerprint density at radius 2 is 2.23 bits per heavy atom. The van der Waals surface area contributed by atoms with Crippen LogP contribution in [0.2, 0.25) is 0 Å². The molecule has 0 aromatic carbocycles. The molecule has 0 amide bonds. The van der Waals surface area contributed by atoms with E-state index in [4.69, 9.17) is 0 Å². The molecule has 1 aliphatic heterocycles. The van der Waals surface area contributed by atoms with Crippen molar-refractivity contribution in [3.8, 4) is 0 Å². The van der Waals surface area contributed by atoms with Gasteiger partial charge in [-0.05, 0) is 19.4 Å². The van der Waals surface area contributed by atoms with E-state index in [9.17, 15) is 0 Å². The molecule has 0 aromatic rings. The van der Waals surface area contributed by atoms with Gasteiger partial charge in [-0.15, -0.1) is 0 Å². The lowest BCUT2D eigenvalue weighted by atomic mass is 9.89. The number of hydrogen-bond donors (Lipinski definition) is 1. The molecule has 1 saturated carbocycles. The van der Waals surface area contributed by atoms with Gasteiger partial charge in [0.05, 0.1) is 6.67 Å². The Hall–Kier alpha value is -0.570. The topological polar surface area (TPSA) is 27.6 Å². The summed E-state index contributed by atoms with van der Waals surface area (Å²) in [6.45, 7) is 5.21. The van der Waals surface area contributed by atoms with Crippen molar-refractivity contribution in [2.75, 3.05) is 19.8 Å². The average molecular weight is 181 g/mol. The van der Waals surface area contributed by atoms with Gasteiger partial charge in [-0.25, -0.2) is 0 Å². The van der Waals surface area contributed by atoms with E-state index >= 15 is 0 Å². The van der Waals surface area contributed by atoms with Gasteiger partial charge < -0.3 is 0 Å². The smallest absolute Gasteiger partial charge is 0.0854 e. The average Bonchev–Trinajstić information content (AvgIpc) is 2.74. The SMILES string of the molecule is CCNCN1CC2(C=N1)CCCC2. The number of hydrazone groups is 1. The van der Waals surface area contributed by atoms with Crippen molar-refractivity contribution in [3.63, 3.8) is 0 Å². The Morgan fingerprint density at radius 3 is 2.92 bits per heavy atom. The lowest BCUT2D eigenvalue weighted by molar-refractivity contribution is 0.233. The van der Waals surface area contributed by atoms with Gasteiger partial charge >= 0.3 is 0 Å². The molecular weight excluding hydrogens is 162 g/mol. The molecule has 2 aliphatic rings. The third kappa shape index (κ3) is 1.85. The fraction of sp³-hybridized carbons (Fsp3) is 0.900. The van der Waals surface area contributed by atoms with E-state index in [2.05, 4.69) is 28.6 Å². The number of nitrogens with one attached hydrogen (secondary N) is 1. The van der Waals surface area contributed by atoms with Crippen LogP contribution >= 0.6 is 0 Å². The Balaban J connectivity index is 1.84. The van der Waals surface area contributed by atoms with Gasteiger partial charge in [-0.1, -0.05) is 19.8 Å². The normalized spacial score (nSPS) is 24.8. The second-order valence-electron chi connectivity index (χ2n) is 4.24. The highest BCUT2D eigenvalue weighted by atomic mass is 15.5. The summed E-state index contributed by atoms with van der Waals surface area (Å²) in [5.74, 6) is 0. The Labute approximate surface area is 80.2 Å². The van der Waals surface area contributed by atoms with Crippen LogP contribution in [0.4, 0.5) is 0 Å². The summed E-state index contributed by atoms with van der Waals surface area (Å²) in [5, 5.41) is 9.92. The number of rotatable bonds is 3. The maximum absolute atomic E-state index is 4.45. The second kappa shape index (κ2) is 3.66. The first-order valence-electron chi connectivity index (χ1n) is 5.35. The van der Waals surface area contributed by atoms with Crippen LogP contribution < -0.4 is 5.32 Å². The Bertz CT molecular complexity index is 194. The van der Waals surface area contributed by atoms with Gasteiger partial charge in [-0.2, -0.15) is 5.10 Å². The van der Waals surface area contributed by atoms with Gasteiger partial charge in [0, 0.05) is 18.2 Å². The minimum absolute atomic E-state index is 0.454. The second-order valence-corrected chi connectivity index (χ2v) is 4.24. The summed E-state index contributed by atoms with van der Waals surface area (Å²) in [6.07, 6.45) is 7.66. The van der Waals surface area contributed by atoms with Gasteiger partial charge in [-0.3, -0.25) is 10.3 Å². The molecule has 0 bridgehead atoms. The molecular formula is C10H19N3. The molecule has 0 atom stereocenters. The maximum Gasteiger partial charge on any atom is 0.0854 e. The zero-order valence-electron chi connectivity index (χ0n) is 8.42. The van der Waals surface area contributed by atoms with E-state index in [1.807, 2.05) is 0 Å². The van der Waals surface area contributed by atoms with Crippen LogP contribution in [0.15, 0.2) is 5.10 Å². The van der Waals surface area contributed by atoms with Crippen LogP contribution in [-0.2, 0) is 0 Å². The highest BCUT2D eigenvalue weighted by Crippen LogP contribution is 2.39. The maximum atomic E-state index is 4.45. The van der Waals surface area contributed by atoms with Gasteiger partial charge in [0.25, 0.3) is 0 Å². The number of hydrogen-bond acceptors (Lipinski definition) is 3. The fourth-order valence-corrected chi connectivity index (χ4v) is 2.35. The quantitative estimate of drug-likeness (QED) is 0.713. The van der Waals surface area contributed by atoms with Crippen molar-refractivity contribution in [1.29, 1.82) is 0 Å². The van der Waals surface area contributed by atoms with E-state index in [1.54, 1.807) is 0 Å². The van der Waals surface area contributed by atoms with Crippen LogP contribution in [0.5, 0.6) is 0 Å². The van der Waals surface area contributed by atoms with Gasteiger partial charge in [0.2, 0.25) is 0 Å². The minimum atomic E-state index is 0.454. The molecule has 1 fully saturated rings. The van der Waals surface area contributed by atoms with E-state index in [-0.39, 0.29) is 0 Å². The first-order valence-corrected chi connectivity index (χ1v) is 5.35. The predicted molar refractivity (Wildman–Crippen MR) is 54.6 cm³/mol. The van der Waals surface area contributed by atoms with Crippen LogP contribution in [0.3, 0.4) is 0 Å². The van der Waals surface area contributed by atoms with Crippen LogP contribution in [0, 0.1) is 5.41 Å². The summed E-state index contributed by atoms with van der Waals surface area (Å²) in [7, 11) is 0. The van der Waals surface area contributed by atoms with E-state index in [0.29, 0.717) is 5.41 Å². The Morgan fingerprint density at radius 1 is 1.46 bits per heavy atom. The fourth-order valence-electron chi connectivity index (χ4n) is 2.35. The number of nitrogens with zero attached hydrogens (tertiary/aromatic N) is 2. The molecule has 1 aliphatic carbocycles. The monoisotopic (exact) mass is 181 g/mol. The molecule has 74 valence electrons. The van der Waals surface area contributed by atoms with Crippen LogP contribution in [0.1, 0.15) is 32.6 Å². The van der Waals surface area contributed by atoms with Gasteiger partial charge in [0.1, 0.15) is 0 Å². The molecule has 1 heterocycles. The Kier molecular flexibility index (Phi) is 2.54. The van der Waals surface area contributed by atoms with Gasteiger partial charge in [0.15, 0.2) is 0 Å². The van der Waals surface area contributed by atoms with Crippen LogP contribution in [-0.4, -0.2) is 31.0 Å². The lowest BCUT2D eigenvalue weighted by Gasteiger charge is -2.22. The minimum Gasteiger partial charge on any atom is -0.299 e. The molecule has 0 unspecified atom stereocenters. The standard InChI is InChI=1S/C10H19N3/c1-2-11-9-13-8-10(7-12-13)5-3-4-6-10/h7,11H,2-6,8-9H2,1H3. The molecule has 1 spiro atoms.